The second-order valence-corrected chi connectivity index (χ2v) is 18.8. The van der Waals surface area contributed by atoms with E-state index in [4.69, 9.17) is 9.40 Å². The second kappa shape index (κ2) is 14.1. The molecule has 0 unspecified atom stereocenters. The molecule has 0 atom stereocenters. The largest absolute Gasteiger partial charge is 0.499 e. The molecule has 7 heteroatoms. The molecule has 3 aromatic carbocycles. The molecule has 0 aliphatic carbocycles. The van der Waals surface area contributed by atoms with E-state index in [9.17, 15) is 0 Å². The van der Waals surface area contributed by atoms with E-state index in [2.05, 4.69) is 104 Å². The van der Waals surface area contributed by atoms with Crippen molar-refractivity contribution in [1.29, 1.82) is 0 Å². The SMILES string of the molecule is CC(C)Cc1cc(-c2[c-]cccc2)ncc1[Si](C)(C)C.Cc1cc2c(cn1)oc1c(-c3nc4ccccc4n3C(C)C)[c-]ccc12.[Ir]. The van der Waals surface area contributed by atoms with Crippen molar-refractivity contribution in [2.24, 2.45) is 5.92 Å². The third kappa shape index (κ3) is 7.18. The molecule has 7 rings (SSSR count). The average Bonchev–Trinajstić information content (AvgIpc) is 3.59. The zero-order valence-electron chi connectivity index (χ0n) is 28.5. The Morgan fingerprint density at radius 3 is 2.32 bits per heavy atom. The van der Waals surface area contributed by atoms with Crippen LogP contribution in [-0.4, -0.2) is 27.6 Å². The molecule has 4 aromatic heterocycles. The van der Waals surface area contributed by atoms with Crippen LogP contribution in [0.2, 0.25) is 19.6 Å². The predicted molar refractivity (Wildman–Crippen MR) is 194 cm³/mol. The second-order valence-electron chi connectivity index (χ2n) is 13.8. The topological polar surface area (TPSA) is 56.7 Å². The number of hydrogen-bond acceptors (Lipinski definition) is 4. The molecule has 0 spiro atoms. The van der Waals surface area contributed by atoms with Crippen molar-refractivity contribution in [3.05, 3.63) is 109 Å². The molecular formula is C40H42IrN4OSi-2. The third-order valence-electron chi connectivity index (χ3n) is 8.20. The molecule has 1 radical (unpaired) electrons. The van der Waals surface area contributed by atoms with Crippen molar-refractivity contribution in [3.8, 4) is 22.6 Å². The fourth-order valence-electron chi connectivity index (χ4n) is 6.14. The van der Waals surface area contributed by atoms with E-state index in [0.717, 1.165) is 67.7 Å². The van der Waals surface area contributed by atoms with Crippen LogP contribution in [0.4, 0.5) is 0 Å². The number of aryl methyl sites for hydroxylation is 1. The minimum absolute atomic E-state index is 0. The zero-order valence-corrected chi connectivity index (χ0v) is 31.9. The smallest absolute Gasteiger partial charge is 0.139 e. The Hall–Kier alpha value is -3.90. The maximum atomic E-state index is 6.18. The Morgan fingerprint density at radius 1 is 0.851 bits per heavy atom. The van der Waals surface area contributed by atoms with Gasteiger partial charge < -0.3 is 14.0 Å². The van der Waals surface area contributed by atoms with E-state index in [0.29, 0.717) is 5.92 Å². The molecule has 47 heavy (non-hydrogen) atoms. The molecule has 4 heterocycles. The van der Waals surface area contributed by atoms with Crippen LogP contribution < -0.4 is 5.19 Å². The molecule has 0 amide bonds. The standard InChI is InChI=1S/C22H18N3O.C18H24NSi.Ir/c1-13(2)25-19-10-5-4-9-18(19)24-22(25)16-8-6-7-15-17-11-14(3)23-12-20(17)26-21(15)16;1-14(2)11-16-12-17(15-9-7-6-8-10-15)19-13-18(16)20(3,4)5;/h4-7,9-13H,1-3H3;6-9,12-14H,11H2,1-5H3;/q2*-1;. The maximum absolute atomic E-state index is 6.18. The van der Waals surface area contributed by atoms with Crippen LogP contribution in [0.15, 0.2) is 89.6 Å². The monoisotopic (exact) mass is 815 g/mol. The Morgan fingerprint density at radius 2 is 1.62 bits per heavy atom. The number of rotatable bonds is 6. The van der Waals surface area contributed by atoms with Gasteiger partial charge in [-0.15, -0.1) is 54.1 Å². The van der Waals surface area contributed by atoms with Crippen molar-refractivity contribution < 1.29 is 24.5 Å². The number of benzene rings is 3. The van der Waals surface area contributed by atoms with Crippen molar-refractivity contribution in [2.75, 3.05) is 0 Å². The van der Waals surface area contributed by atoms with Gasteiger partial charge in [-0.25, -0.2) is 0 Å². The fourth-order valence-corrected chi connectivity index (χ4v) is 7.73. The summed E-state index contributed by atoms with van der Waals surface area (Å²) in [5.41, 5.74) is 9.17. The quantitative estimate of drug-likeness (QED) is 0.124. The summed E-state index contributed by atoms with van der Waals surface area (Å²) in [7, 11) is -1.34. The summed E-state index contributed by atoms with van der Waals surface area (Å²) in [5.74, 6) is 1.55. The Bertz CT molecular complexity index is 2140. The van der Waals surface area contributed by atoms with Gasteiger partial charge in [-0.2, -0.15) is 0 Å². The molecule has 0 saturated heterocycles. The van der Waals surface area contributed by atoms with Gasteiger partial charge in [0, 0.05) is 43.4 Å². The summed E-state index contributed by atoms with van der Waals surface area (Å²) in [6, 6.07) is 31.5. The number of aromatic nitrogens is 4. The first-order chi connectivity index (χ1) is 22.0. The van der Waals surface area contributed by atoms with Gasteiger partial charge >= 0.3 is 0 Å². The Kier molecular flexibility index (Phi) is 10.3. The van der Waals surface area contributed by atoms with Gasteiger partial charge in [0.1, 0.15) is 5.58 Å². The maximum Gasteiger partial charge on any atom is 0.139 e. The molecule has 0 fully saturated rings. The summed E-state index contributed by atoms with van der Waals surface area (Å²) in [6.07, 6.45) is 5.03. The number of para-hydroxylation sites is 2. The summed E-state index contributed by atoms with van der Waals surface area (Å²) < 4.78 is 8.42. The number of nitrogens with zero attached hydrogens (tertiary/aromatic N) is 4. The Balaban J connectivity index is 0.000000188. The molecule has 0 aliphatic heterocycles. The van der Waals surface area contributed by atoms with Crippen molar-refractivity contribution in [2.45, 2.75) is 66.7 Å². The van der Waals surface area contributed by atoms with Crippen molar-refractivity contribution >= 4 is 46.2 Å². The molecule has 243 valence electrons. The van der Waals surface area contributed by atoms with E-state index in [-0.39, 0.29) is 26.1 Å². The molecule has 0 bridgehead atoms. The van der Waals surface area contributed by atoms with Crippen LogP contribution in [0.25, 0.3) is 55.6 Å². The normalized spacial score (nSPS) is 11.7. The van der Waals surface area contributed by atoms with Crippen LogP contribution in [0, 0.1) is 25.0 Å². The first-order valence-electron chi connectivity index (χ1n) is 16.1. The van der Waals surface area contributed by atoms with Crippen molar-refractivity contribution in [1.82, 2.24) is 19.5 Å². The predicted octanol–water partition coefficient (Wildman–Crippen LogP) is 9.98. The molecule has 5 nitrogen and oxygen atoms in total. The van der Waals surface area contributed by atoms with Gasteiger partial charge in [0.05, 0.1) is 36.7 Å². The first kappa shape index (κ1) is 34.4. The van der Waals surface area contributed by atoms with Crippen LogP contribution in [0.1, 0.15) is 45.0 Å². The minimum atomic E-state index is -1.34. The fraction of sp³-hybridized carbons (Fsp3) is 0.275. The van der Waals surface area contributed by atoms with Gasteiger partial charge in [-0.1, -0.05) is 68.2 Å². The first-order valence-corrected chi connectivity index (χ1v) is 19.6. The number of furan rings is 1. The minimum Gasteiger partial charge on any atom is -0.499 e. The number of imidazole rings is 1. The van der Waals surface area contributed by atoms with E-state index in [1.165, 1.54) is 10.8 Å². The van der Waals surface area contributed by atoms with Gasteiger partial charge in [0.2, 0.25) is 0 Å². The Labute approximate surface area is 292 Å². The number of pyridine rings is 2. The van der Waals surface area contributed by atoms with Crippen LogP contribution in [0.5, 0.6) is 0 Å². The van der Waals surface area contributed by atoms with E-state index in [1.807, 2.05) is 55.5 Å². The van der Waals surface area contributed by atoms with E-state index >= 15 is 0 Å². The zero-order chi connectivity index (χ0) is 32.6. The third-order valence-corrected chi connectivity index (χ3v) is 10.3. The summed E-state index contributed by atoms with van der Waals surface area (Å²) in [6.45, 7) is 18.1. The molecule has 0 aliphatic rings. The molecule has 7 aromatic rings. The van der Waals surface area contributed by atoms with E-state index in [1.54, 1.807) is 6.20 Å². The molecule has 0 saturated carbocycles. The summed E-state index contributed by atoms with van der Waals surface area (Å²) in [4.78, 5) is 13.9. The number of hydrogen-bond donors (Lipinski definition) is 0. The summed E-state index contributed by atoms with van der Waals surface area (Å²) in [5, 5.41) is 3.64. The molecular weight excluding hydrogens is 773 g/mol. The average molecular weight is 815 g/mol. The number of fused-ring (bicyclic) bond motifs is 4. The van der Waals surface area contributed by atoms with Gasteiger partial charge in [-0.05, 0) is 62.2 Å². The van der Waals surface area contributed by atoms with E-state index < -0.39 is 8.07 Å². The molecule has 0 N–H and O–H groups in total. The summed E-state index contributed by atoms with van der Waals surface area (Å²) >= 11 is 0. The van der Waals surface area contributed by atoms with Crippen LogP contribution in [0.3, 0.4) is 0 Å². The van der Waals surface area contributed by atoms with Crippen LogP contribution >= 0.6 is 0 Å². The van der Waals surface area contributed by atoms with Crippen LogP contribution in [-0.2, 0) is 26.5 Å². The van der Waals surface area contributed by atoms with Crippen molar-refractivity contribution in [3.63, 3.8) is 0 Å². The van der Waals surface area contributed by atoms with Gasteiger partial charge in [0.15, 0.2) is 0 Å². The van der Waals surface area contributed by atoms with Gasteiger partial charge in [0.25, 0.3) is 0 Å². The van der Waals surface area contributed by atoms with Gasteiger partial charge in [-0.3, -0.25) is 9.97 Å².